The van der Waals surface area contributed by atoms with E-state index in [-0.39, 0.29) is 16.5 Å². The van der Waals surface area contributed by atoms with Gasteiger partial charge in [0.1, 0.15) is 4.90 Å². The van der Waals surface area contributed by atoms with Gasteiger partial charge in [0.2, 0.25) is 15.9 Å². The highest BCUT2D eigenvalue weighted by molar-refractivity contribution is 8.00. The van der Waals surface area contributed by atoms with Crippen molar-refractivity contribution in [3.8, 4) is 0 Å². The van der Waals surface area contributed by atoms with E-state index in [9.17, 15) is 18.0 Å². The number of hydrogen-bond donors (Lipinski definition) is 3. The van der Waals surface area contributed by atoms with Crippen LogP contribution in [-0.4, -0.2) is 51.9 Å². The molecule has 2 aromatic heterocycles. The van der Waals surface area contributed by atoms with Gasteiger partial charge in [0.05, 0.1) is 21.3 Å². The monoisotopic (exact) mass is 475 g/mol. The smallest absolute Gasteiger partial charge is 0.323 e. The molecule has 1 fully saturated rings. The fraction of sp³-hybridized carbons (Fsp3) is 0.381. The van der Waals surface area contributed by atoms with Gasteiger partial charge in [0, 0.05) is 25.0 Å². The number of benzene rings is 1. The number of pyridine rings is 1. The SMILES string of the molecule is C[C@H](Sc1ccc(S(=O)(=O)N2CCCCCC2)cn1)C(=O)Nc1ccc2[nH]c(=O)[nH]c2c1. The highest BCUT2D eigenvalue weighted by Crippen LogP contribution is 2.25. The summed E-state index contributed by atoms with van der Waals surface area (Å²) in [6, 6.07) is 8.29. The van der Waals surface area contributed by atoms with Crippen molar-refractivity contribution in [2.24, 2.45) is 0 Å². The molecule has 1 saturated heterocycles. The molecular formula is C21H25N5O4S2. The lowest BCUT2D eigenvalue weighted by Gasteiger charge is -2.19. The van der Waals surface area contributed by atoms with Gasteiger partial charge < -0.3 is 15.3 Å². The third-order valence-electron chi connectivity index (χ3n) is 5.36. The van der Waals surface area contributed by atoms with Gasteiger partial charge >= 0.3 is 5.69 Å². The predicted molar refractivity (Wildman–Crippen MR) is 124 cm³/mol. The molecule has 9 nitrogen and oxygen atoms in total. The number of imidazole rings is 1. The van der Waals surface area contributed by atoms with E-state index in [0.29, 0.717) is 34.8 Å². The van der Waals surface area contributed by atoms with E-state index in [1.165, 1.54) is 22.3 Å². The van der Waals surface area contributed by atoms with E-state index in [2.05, 4.69) is 20.3 Å². The van der Waals surface area contributed by atoms with Crippen LogP contribution in [0.5, 0.6) is 0 Å². The second kappa shape index (κ2) is 9.47. The van der Waals surface area contributed by atoms with Gasteiger partial charge in [-0.25, -0.2) is 18.2 Å². The van der Waals surface area contributed by atoms with Crippen molar-refractivity contribution in [2.75, 3.05) is 18.4 Å². The average Bonchev–Trinajstić information content (AvgIpc) is 2.95. The average molecular weight is 476 g/mol. The van der Waals surface area contributed by atoms with Gasteiger partial charge in [-0.05, 0) is 50.1 Å². The van der Waals surface area contributed by atoms with Crippen LogP contribution in [0.4, 0.5) is 5.69 Å². The summed E-state index contributed by atoms with van der Waals surface area (Å²) in [6.45, 7) is 2.83. The lowest BCUT2D eigenvalue weighted by Crippen LogP contribution is -2.32. The first kappa shape index (κ1) is 22.6. The van der Waals surface area contributed by atoms with Crippen molar-refractivity contribution in [3.63, 3.8) is 0 Å². The van der Waals surface area contributed by atoms with Crippen LogP contribution in [0.1, 0.15) is 32.6 Å². The summed E-state index contributed by atoms with van der Waals surface area (Å²) in [4.78, 5) is 33.7. The third kappa shape index (κ3) is 5.05. The molecule has 0 bridgehead atoms. The second-order valence-electron chi connectivity index (χ2n) is 7.74. The third-order valence-corrected chi connectivity index (χ3v) is 8.30. The van der Waals surface area contributed by atoms with E-state index in [4.69, 9.17) is 0 Å². The number of H-pyrrole nitrogens is 2. The Morgan fingerprint density at radius 2 is 1.81 bits per heavy atom. The first-order valence-electron chi connectivity index (χ1n) is 10.5. The molecule has 0 spiro atoms. The van der Waals surface area contributed by atoms with E-state index in [1.54, 1.807) is 37.3 Å². The summed E-state index contributed by atoms with van der Waals surface area (Å²) < 4.78 is 27.3. The van der Waals surface area contributed by atoms with E-state index >= 15 is 0 Å². The number of anilines is 1. The Balaban J connectivity index is 1.39. The first-order valence-corrected chi connectivity index (χ1v) is 12.8. The summed E-state index contributed by atoms with van der Waals surface area (Å²) in [5.74, 6) is -0.227. The van der Waals surface area contributed by atoms with Crippen LogP contribution in [0.2, 0.25) is 0 Å². The zero-order chi connectivity index (χ0) is 22.7. The molecule has 3 N–H and O–H groups in total. The topological polar surface area (TPSA) is 128 Å². The number of nitrogens with zero attached hydrogens (tertiary/aromatic N) is 2. The number of amides is 1. The minimum absolute atomic E-state index is 0.176. The number of rotatable bonds is 6. The standard InChI is InChI=1S/C21H25N5O4S2/c1-14(20(27)23-15-6-8-17-18(12-15)25-21(28)24-17)31-19-9-7-16(13-22-19)32(29,30)26-10-4-2-3-5-11-26/h6-9,12-14H,2-5,10-11H2,1H3,(H,23,27)(H2,24,25,28)/t14-/m0/s1. The van der Waals surface area contributed by atoms with Crippen molar-refractivity contribution >= 4 is 44.4 Å². The van der Waals surface area contributed by atoms with Crippen LogP contribution in [0, 0.1) is 0 Å². The quantitative estimate of drug-likeness (QED) is 0.470. The highest BCUT2D eigenvalue weighted by atomic mass is 32.2. The molecule has 1 aromatic carbocycles. The van der Waals surface area contributed by atoms with Crippen molar-refractivity contribution < 1.29 is 13.2 Å². The number of nitrogens with one attached hydrogen (secondary N) is 3. The summed E-state index contributed by atoms with van der Waals surface area (Å²) >= 11 is 1.24. The predicted octanol–water partition coefficient (Wildman–Crippen LogP) is 2.94. The Morgan fingerprint density at radius 1 is 1.09 bits per heavy atom. The van der Waals surface area contributed by atoms with Crippen molar-refractivity contribution in [1.29, 1.82) is 0 Å². The van der Waals surface area contributed by atoms with Crippen LogP contribution < -0.4 is 11.0 Å². The molecule has 11 heteroatoms. The van der Waals surface area contributed by atoms with Gasteiger partial charge in [-0.1, -0.05) is 24.6 Å². The maximum absolute atomic E-state index is 12.9. The molecule has 3 heterocycles. The van der Waals surface area contributed by atoms with Crippen molar-refractivity contribution in [1.82, 2.24) is 19.3 Å². The minimum Gasteiger partial charge on any atom is -0.325 e. The van der Waals surface area contributed by atoms with E-state index in [0.717, 1.165) is 25.7 Å². The zero-order valence-electron chi connectivity index (χ0n) is 17.6. The first-order chi connectivity index (χ1) is 15.3. The molecule has 1 aliphatic rings. The number of aromatic amines is 2. The molecule has 4 rings (SSSR count). The van der Waals surface area contributed by atoms with E-state index in [1.807, 2.05) is 0 Å². The van der Waals surface area contributed by atoms with Crippen LogP contribution in [0.3, 0.4) is 0 Å². The highest BCUT2D eigenvalue weighted by Gasteiger charge is 2.25. The Kier molecular flexibility index (Phi) is 6.68. The summed E-state index contributed by atoms with van der Waals surface area (Å²) in [5.41, 5.74) is 1.53. The van der Waals surface area contributed by atoms with Crippen LogP contribution in [0.15, 0.2) is 51.2 Å². The Labute approximate surface area is 190 Å². The van der Waals surface area contributed by atoms with Gasteiger partial charge in [0.25, 0.3) is 0 Å². The minimum atomic E-state index is -3.55. The summed E-state index contributed by atoms with van der Waals surface area (Å²) in [7, 11) is -3.55. The fourth-order valence-corrected chi connectivity index (χ4v) is 5.86. The summed E-state index contributed by atoms with van der Waals surface area (Å²) in [6.07, 6.45) is 5.22. The van der Waals surface area contributed by atoms with Crippen LogP contribution in [0.25, 0.3) is 11.0 Å². The summed E-state index contributed by atoms with van der Waals surface area (Å²) in [5, 5.41) is 2.92. The van der Waals surface area contributed by atoms with Crippen molar-refractivity contribution in [3.05, 3.63) is 47.0 Å². The molecule has 1 atom stereocenters. The van der Waals surface area contributed by atoms with Gasteiger partial charge in [-0.15, -0.1) is 0 Å². The van der Waals surface area contributed by atoms with Gasteiger partial charge in [-0.3, -0.25) is 4.79 Å². The largest absolute Gasteiger partial charge is 0.325 e. The zero-order valence-corrected chi connectivity index (χ0v) is 19.3. The second-order valence-corrected chi connectivity index (χ2v) is 11.0. The molecule has 1 amide bonds. The Bertz CT molecular complexity index is 1260. The van der Waals surface area contributed by atoms with Crippen LogP contribution in [-0.2, 0) is 14.8 Å². The van der Waals surface area contributed by atoms with Gasteiger partial charge in [-0.2, -0.15) is 4.31 Å². The lowest BCUT2D eigenvalue weighted by molar-refractivity contribution is -0.115. The normalized spacial score (nSPS) is 16.5. The van der Waals surface area contributed by atoms with Crippen molar-refractivity contribution in [2.45, 2.75) is 47.8 Å². The number of thioether (sulfide) groups is 1. The lowest BCUT2D eigenvalue weighted by atomic mass is 10.2. The Morgan fingerprint density at radius 3 is 2.50 bits per heavy atom. The molecule has 32 heavy (non-hydrogen) atoms. The molecule has 0 radical (unpaired) electrons. The molecule has 1 aliphatic heterocycles. The molecule has 0 aliphatic carbocycles. The Hall–Kier alpha value is -2.63. The fourth-order valence-electron chi connectivity index (χ4n) is 3.61. The number of carbonyl (C=O) groups is 1. The van der Waals surface area contributed by atoms with Crippen LogP contribution >= 0.6 is 11.8 Å². The number of carbonyl (C=O) groups excluding carboxylic acids is 1. The molecular weight excluding hydrogens is 450 g/mol. The van der Waals surface area contributed by atoms with Gasteiger partial charge in [0.15, 0.2) is 0 Å². The molecule has 170 valence electrons. The molecule has 0 unspecified atom stereocenters. The number of sulfonamides is 1. The number of fused-ring (bicyclic) bond motifs is 1. The number of hydrogen-bond acceptors (Lipinski definition) is 6. The molecule has 3 aromatic rings. The maximum Gasteiger partial charge on any atom is 0.323 e. The maximum atomic E-state index is 12.9. The van der Waals surface area contributed by atoms with E-state index < -0.39 is 15.3 Å². The molecule has 0 saturated carbocycles. The number of aromatic nitrogens is 3.